The van der Waals surface area contributed by atoms with Crippen molar-refractivity contribution in [1.82, 2.24) is 15.1 Å². The normalized spacial score (nSPS) is 20.7. The molecule has 2 aliphatic heterocycles. The van der Waals surface area contributed by atoms with Crippen LogP contribution < -0.4 is 10.1 Å². The molecule has 2 heterocycles. The average molecular weight is 317 g/mol. The Kier molecular flexibility index (Phi) is 4.81. The molecule has 1 aromatic carbocycles. The number of nitrogens with zero attached hydrogens (tertiary/aromatic N) is 2. The van der Waals surface area contributed by atoms with Crippen LogP contribution in [0.5, 0.6) is 5.75 Å². The maximum absolute atomic E-state index is 12.6. The summed E-state index contributed by atoms with van der Waals surface area (Å²) in [5.41, 5.74) is 1.10. The van der Waals surface area contributed by atoms with E-state index in [1.165, 1.54) is 0 Å². The Balaban J connectivity index is 1.49. The first kappa shape index (κ1) is 15.8. The minimum absolute atomic E-state index is 0.0434. The van der Waals surface area contributed by atoms with Gasteiger partial charge in [0.25, 0.3) is 5.91 Å². The molecule has 1 aromatic rings. The number of likely N-dealkylation sites (N-methyl/N-ethyl adjacent to an activating group) is 1. The van der Waals surface area contributed by atoms with Gasteiger partial charge in [-0.1, -0.05) is 18.2 Å². The molecule has 0 aliphatic carbocycles. The van der Waals surface area contributed by atoms with Gasteiger partial charge in [-0.15, -0.1) is 0 Å². The second kappa shape index (κ2) is 7.00. The zero-order valence-corrected chi connectivity index (χ0v) is 13.5. The van der Waals surface area contributed by atoms with Gasteiger partial charge in [0.05, 0.1) is 6.54 Å². The standard InChI is InChI=1S/C17H23N3O3/c1-2-18-16(21)12-19-7-9-20(10-8-19)17(22)15-11-13-5-3-4-6-14(13)23-15/h3-6,15H,2,7-12H2,1H3,(H,18,21). The van der Waals surface area contributed by atoms with E-state index in [1.807, 2.05) is 36.1 Å². The van der Waals surface area contributed by atoms with Crippen molar-refractivity contribution >= 4 is 11.8 Å². The lowest BCUT2D eigenvalue weighted by Crippen LogP contribution is -2.53. The van der Waals surface area contributed by atoms with Gasteiger partial charge >= 0.3 is 0 Å². The number of hydrogen-bond acceptors (Lipinski definition) is 4. The van der Waals surface area contributed by atoms with E-state index in [9.17, 15) is 9.59 Å². The topological polar surface area (TPSA) is 61.9 Å². The summed E-state index contributed by atoms with van der Waals surface area (Å²) >= 11 is 0. The lowest BCUT2D eigenvalue weighted by atomic mass is 10.1. The highest BCUT2D eigenvalue weighted by Gasteiger charge is 2.33. The van der Waals surface area contributed by atoms with Crippen LogP contribution in [0.1, 0.15) is 12.5 Å². The fourth-order valence-electron chi connectivity index (χ4n) is 3.11. The first-order valence-corrected chi connectivity index (χ1v) is 8.19. The van der Waals surface area contributed by atoms with Crippen molar-refractivity contribution in [3.8, 4) is 5.75 Å². The summed E-state index contributed by atoms with van der Waals surface area (Å²) in [6, 6.07) is 7.81. The quantitative estimate of drug-likeness (QED) is 0.866. The van der Waals surface area contributed by atoms with E-state index in [-0.39, 0.29) is 11.8 Å². The van der Waals surface area contributed by atoms with Crippen molar-refractivity contribution in [3.05, 3.63) is 29.8 Å². The monoisotopic (exact) mass is 317 g/mol. The molecule has 124 valence electrons. The predicted molar refractivity (Wildman–Crippen MR) is 86.3 cm³/mol. The lowest BCUT2D eigenvalue weighted by Gasteiger charge is -2.35. The molecule has 6 nitrogen and oxygen atoms in total. The molecule has 1 N–H and O–H groups in total. The molecule has 23 heavy (non-hydrogen) atoms. The summed E-state index contributed by atoms with van der Waals surface area (Å²) in [5.74, 6) is 0.918. The number of fused-ring (bicyclic) bond motifs is 1. The molecule has 0 radical (unpaired) electrons. The van der Waals surface area contributed by atoms with Crippen LogP contribution in [0.3, 0.4) is 0 Å². The Morgan fingerprint density at radius 2 is 1.96 bits per heavy atom. The third kappa shape index (κ3) is 3.64. The number of amides is 2. The molecule has 1 saturated heterocycles. The maximum atomic E-state index is 12.6. The average Bonchev–Trinajstić information content (AvgIpc) is 2.99. The number of carbonyl (C=O) groups is 2. The van der Waals surface area contributed by atoms with Crippen LogP contribution in [0.4, 0.5) is 0 Å². The first-order valence-electron chi connectivity index (χ1n) is 8.19. The molecule has 1 unspecified atom stereocenters. The summed E-state index contributed by atoms with van der Waals surface area (Å²) in [7, 11) is 0. The van der Waals surface area contributed by atoms with Crippen LogP contribution in [0.25, 0.3) is 0 Å². The summed E-state index contributed by atoms with van der Waals surface area (Å²) in [5, 5.41) is 2.80. The van der Waals surface area contributed by atoms with Crippen LogP contribution in [0.2, 0.25) is 0 Å². The zero-order chi connectivity index (χ0) is 16.2. The highest BCUT2D eigenvalue weighted by Crippen LogP contribution is 2.29. The molecule has 1 atom stereocenters. The van der Waals surface area contributed by atoms with Crippen molar-refractivity contribution < 1.29 is 14.3 Å². The van der Waals surface area contributed by atoms with Gasteiger partial charge in [-0.2, -0.15) is 0 Å². The van der Waals surface area contributed by atoms with Crippen LogP contribution in [0.15, 0.2) is 24.3 Å². The second-order valence-electron chi connectivity index (χ2n) is 5.97. The number of piperazine rings is 1. The third-order valence-corrected chi connectivity index (χ3v) is 4.35. The summed E-state index contributed by atoms with van der Waals surface area (Å²) < 4.78 is 5.78. The number of para-hydroxylation sites is 1. The summed E-state index contributed by atoms with van der Waals surface area (Å²) in [6.07, 6.45) is 0.246. The van der Waals surface area contributed by atoms with Gasteiger partial charge in [0.1, 0.15) is 5.75 Å². The molecule has 0 aromatic heterocycles. The van der Waals surface area contributed by atoms with Crippen molar-refractivity contribution in [2.45, 2.75) is 19.4 Å². The highest BCUT2D eigenvalue weighted by molar-refractivity contribution is 5.83. The van der Waals surface area contributed by atoms with Gasteiger partial charge in [-0.05, 0) is 18.6 Å². The number of rotatable bonds is 4. The lowest BCUT2D eigenvalue weighted by molar-refractivity contribution is -0.139. The minimum Gasteiger partial charge on any atom is -0.480 e. The number of nitrogens with one attached hydrogen (secondary N) is 1. The smallest absolute Gasteiger partial charge is 0.264 e. The molecule has 6 heteroatoms. The molecular weight excluding hydrogens is 294 g/mol. The van der Waals surface area contributed by atoms with Crippen molar-refractivity contribution in [1.29, 1.82) is 0 Å². The van der Waals surface area contributed by atoms with Crippen LogP contribution in [0, 0.1) is 0 Å². The molecule has 3 rings (SSSR count). The van der Waals surface area contributed by atoms with Gasteiger partial charge in [-0.25, -0.2) is 0 Å². The largest absolute Gasteiger partial charge is 0.480 e. The first-order chi connectivity index (χ1) is 11.2. The Morgan fingerprint density at radius 3 is 2.65 bits per heavy atom. The molecule has 2 aliphatic rings. The zero-order valence-electron chi connectivity index (χ0n) is 13.5. The predicted octanol–water partition coefficient (Wildman–Crippen LogP) is 0.270. The Bertz CT molecular complexity index is 557. The molecule has 0 spiro atoms. The highest BCUT2D eigenvalue weighted by atomic mass is 16.5. The van der Waals surface area contributed by atoms with Crippen molar-refractivity contribution in [3.63, 3.8) is 0 Å². The van der Waals surface area contributed by atoms with E-state index in [1.54, 1.807) is 0 Å². The SMILES string of the molecule is CCNC(=O)CN1CCN(C(=O)C2Cc3ccccc3O2)CC1. The number of hydrogen-bond donors (Lipinski definition) is 1. The summed E-state index contributed by atoms with van der Waals surface area (Å²) in [4.78, 5) is 28.1. The van der Waals surface area contributed by atoms with Gasteiger partial charge in [0.2, 0.25) is 5.91 Å². The number of benzene rings is 1. The molecule has 2 amide bonds. The fourth-order valence-corrected chi connectivity index (χ4v) is 3.11. The van der Waals surface area contributed by atoms with Crippen LogP contribution in [-0.4, -0.2) is 67.0 Å². The Labute approximate surface area is 136 Å². The van der Waals surface area contributed by atoms with Gasteiger partial charge in [0, 0.05) is 39.1 Å². The van der Waals surface area contributed by atoms with Crippen LogP contribution >= 0.6 is 0 Å². The van der Waals surface area contributed by atoms with E-state index in [2.05, 4.69) is 10.2 Å². The van der Waals surface area contributed by atoms with Crippen LogP contribution in [-0.2, 0) is 16.0 Å². The number of ether oxygens (including phenoxy) is 1. The third-order valence-electron chi connectivity index (χ3n) is 4.35. The molecular formula is C17H23N3O3. The van der Waals surface area contributed by atoms with Gasteiger partial charge in [-0.3, -0.25) is 14.5 Å². The van der Waals surface area contributed by atoms with Gasteiger partial charge in [0.15, 0.2) is 6.10 Å². The second-order valence-corrected chi connectivity index (χ2v) is 5.97. The van der Waals surface area contributed by atoms with Crippen molar-refractivity contribution in [2.75, 3.05) is 39.3 Å². The van der Waals surface area contributed by atoms with E-state index in [4.69, 9.17) is 4.74 Å². The van der Waals surface area contributed by atoms with E-state index >= 15 is 0 Å². The number of carbonyl (C=O) groups excluding carboxylic acids is 2. The fraction of sp³-hybridized carbons (Fsp3) is 0.529. The maximum Gasteiger partial charge on any atom is 0.264 e. The van der Waals surface area contributed by atoms with Crippen molar-refractivity contribution in [2.24, 2.45) is 0 Å². The van der Waals surface area contributed by atoms with E-state index in [0.29, 0.717) is 32.6 Å². The Morgan fingerprint density at radius 1 is 1.22 bits per heavy atom. The molecule has 0 saturated carbocycles. The van der Waals surface area contributed by atoms with E-state index < -0.39 is 6.10 Å². The molecule has 1 fully saturated rings. The Hall–Kier alpha value is -2.08. The minimum atomic E-state index is -0.401. The van der Waals surface area contributed by atoms with E-state index in [0.717, 1.165) is 24.4 Å². The molecule has 0 bridgehead atoms. The van der Waals surface area contributed by atoms with Gasteiger partial charge < -0.3 is 15.0 Å². The summed E-state index contributed by atoms with van der Waals surface area (Å²) in [6.45, 7) is 5.71.